The monoisotopic (exact) mass is 56.1 g/mol. The topological polar surface area (TPSA) is 0 Å². The van der Waals surface area contributed by atoms with Gasteiger partial charge in [0.05, 0.1) is 0 Å². The van der Waals surface area contributed by atoms with Crippen LogP contribution in [0.25, 0.3) is 0 Å². The minimum Gasteiger partial charge on any atom is -0.221 e. The average Bonchev–Trinajstić information content (AvgIpc) is 0.811. The highest BCUT2D eigenvalue weighted by Gasteiger charge is 1.55. The minimum absolute atomic E-state index is 0.833. The Bertz CT molecular complexity index is 8.00. The van der Waals surface area contributed by atoms with E-state index in [2.05, 4.69) is 20.5 Å². The van der Waals surface area contributed by atoms with Gasteiger partial charge < -0.3 is 0 Å². The first-order valence-electron chi connectivity index (χ1n) is 1.73. The Balaban J connectivity index is 2.32. The maximum Gasteiger partial charge on any atom is -0.143 e. The maximum atomic E-state index is 2.17. The Morgan fingerprint density at radius 2 is 1.00 bits per heavy atom. The van der Waals surface area contributed by atoms with Crippen molar-refractivity contribution in [3.63, 3.8) is 0 Å². The minimum atomic E-state index is 0.833. The molecule has 0 aromatic heterocycles. The predicted octanol–water partition coefficient (Wildman–Crippen LogP) is 1.37. The van der Waals surface area contributed by atoms with Gasteiger partial charge in [-0.15, -0.1) is 6.71 Å². The van der Waals surface area contributed by atoms with Gasteiger partial charge in [-0.3, -0.25) is 0 Å². The molecule has 0 nitrogen and oxygen atoms in total. The molecule has 1 radical (unpaired) electrons. The summed E-state index contributed by atoms with van der Waals surface area (Å²) in [7, 11) is 0. The molecule has 0 amide bonds. The largest absolute Gasteiger partial charge is 0.221 e. The molecule has 0 bridgehead atoms. The van der Waals surface area contributed by atoms with E-state index >= 15 is 0 Å². The van der Waals surface area contributed by atoms with Crippen LogP contribution in [-0.2, 0) is 0 Å². The van der Waals surface area contributed by atoms with Crippen LogP contribution in [0.2, 0.25) is 20.5 Å². The SMILES string of the molecule is C[B-](C)C. The summed E-state index contributed by atoms with van der Waals surface area (Å²) >= 11 is 0. The smallest absolute Gasteiger partial charge is 0.143 e. The number of hydrogen-bond donors (Lipinski definition) is 0. The molecule has 0 aromatic rings. The summed E-state index contributed by atoms with van der Waals surface area (Å²) in [6.07, 6.45) is 0. The van der Waals surface area contributed by atoms with E-state index in [9.17, 15) is 0 Å². The van der Waals surface area contributed by atoms with Gasteiger partial charge in [0, 0.05) is 0 Å². The van der Waals surface area contributed by atoms with Crippen LogP contribution in [0.3, 0.4) is 0 Å². The van der Waals surface area contributed by atoms with Crippen molar-refractivity contribution in [1.82, 2.24) is 0 Å². The molecule has 0 spiro atoms. The van der Waals surface area contributed by atoms with E-state index in [1.807, 2.05) is 0 Å². The second kappa shape index (κ2) is 1.39. The number of hydrogen-bond acceptors (Lipinski definition) is 0. The Kier molecular flexibility index (Phi) is 1.41. The van der Waals surface area contributed by atoms with Crippen molar-refractivity contribution < 1.29 is 0 Å². The molecular formula is C3H9B-. The van der Waals surface area contributed by atoms with Crippen LogP contribution < -0.4 is 0 Å². The van der Waals surface area contributed by atoms with Gasteiger partial charge in [-0.2, -0.15) is 0 Å². The van der Waals surface area contributed by atoms with Crippen molar-refractivity contribution in [3.8, 4) is 0 Å². The highest BCUT2D eigenvalue weighted by atomic mass is 13.2. The van der Waals surface area contributed by atoms with Crippen LogP contribution in [0.15, 0.2) is 0 Å². The molecule has 4 heavy (non-hydrogen) atoms. The maximum absolute atomic E-state index is 2.17. The molecule has 0 saturated heterocycles. The molecule has 0 fully saturated rings. The van der Waals surface area contributed by atoms with Crippen molar-refractivity contribution in [3.05, 3.63) is 0 Å². The van der Waals surface area contributed by atoms with Crippen molar-refractivity contribution in [1.29, 1.82) is 0 Å². The van der Waals surface area contributed by atoms with E-state index in [1.165, 1.54) is 0 Å². The van der Waals surface area contributed by atoms with E-state index in [0.717, 1.165) is 6.71 Å². The first-order chi connectivity index (χ1) is 1.73. The summed E-state index contributed by atoms with van der Waals surface area (Å²) in [6.45, 7) is 7.33. The van der Waals surface area contributed by atoms with E-state index in [4.69, 9.17) is 0 Å². The summed E-state index contributed by atoms with van der Waals surface area (Å²) < 4.78 is 0. The molecule has 0 heterocycles. The van der Waals surface area contributed by atoms with Crippen LogP contribution in [0.1, 0.15) is 0 Å². The van der Waals surface area contributed by atoms with Crippen molar-refractivity contribution in [2.45, 2.75) is 20.5 Å². The van der Waals surface area contributed by atoms with E-state index in [-0.39, 0.29) is 0 Å². The van der Waals surface area contributed by atoms with Crippen molar-refractivity contribution in [2.24, 2.45) is 0 Å². The van der Waals surface area contributed by atoms with Gasteiger partial charge in [0.2, 0.25) is 0 Å². The summed E-state index contributed by atoms with van der Waals surface area (Å²) in [5, 5.41) is 0. The van der Waals surface area contributed by atoms with E-state index in [1.54, 1.807) is 0 Å². The highest BCUT2D eigenvalue weighted by Crippen LogP contribution is 1.68. The van der Waals surface area contributed by atoms with Crippen molar-refractivity contribution in [2.75, 3.05) is 0 Å². The Morgan fingerprint density at radius 3 is 1.00 bits per heavy atom. The molecule has 0 rings (SSSR count). The van der Waals surface area contributed by atoms with Crippen molar-refractivity contribution >= 4 is 6.71 Å². The first-order valence-corrected chi connectivity index (χ1v) is 1.73. The molecule has 1 heteroatoms. The lowest BCUT2D eigenvalue weighted by atomic mass is 9.58. The molecule has 0 aromatic carbocycles. The third-order valence-electron chi connectivity index (χ3n) is 0. The van der Waals surface area contributed by atoms with Crippen LogP contribution >= 0.6 is 0 Å². The van der Waals surface area contributed by atoms with Gasteiger partial charge in [-0.25, -0.2) is 20.5 Å². The summed E-state index contributed by atoms with van der Waals surface area (Å²) in [5.41, 5.74) is 0. The van der Waals surface area contributed by atoms with Gasteiger partial charge >= 0.3 is 0 Å². The van der Waals surface area contributed by atoms with Crippen LogP contribution in [0, 0.1) is 0 Å². The van der Waals surface area contributed by atoms with Gasteiger partial charge in [0.25, 0.3) is 0 Å². The average molecular weight is 55.9 g/mol. The fourth-order valence-corrected chi connectivity index (χ4v) is 0. The first kappa shape index (κ1) is 4.06. The summed E-state index contributed by atoms with van der Waals surface area (Å²) in [5.74, 6) is 0. The van der Waals surface area contributed by atoms with Gasteiger partial charge in [0.15, 0.2) is 0 Å². The second-order valence-corrected chi connectivity index (χ2v) is 1.73. The molecule has 0 aliphatic heterocycles. The Labute approximate surface area is 28.3 Å². The van der Waals surface area contributed by atoms with Gasteiger partial charge in [0.1, 0.15) is 0 Å². The fourth-order valence-electron chi connectivity index (χ4n) is 0. The fraction of sp³-hybridized carbons (Fsp3) is 1.00. The zero-order chi connectivity index (χ0) is 3.58. The van der Waals surface area contributed by atoms with Crippen LogP contribution in [0.5, 0.6) is 0 Å². The highest BCUT2D eigenvalue weighted by molar-refractivity contribution is 6.54. The third kappa shape index (κ3) is 555. The zero-order valence-corrected chi connectivity index (χ0v) is 3.58. The molecule has 0 aliphatic carbocycles. The lowest BCUT2D eigenvalue weighted by Gasteiger charge is -1.91. The van der Waals surface area contributed by atoms with Crippen LogP contribution in [0.4, 0.5) is 0 Å². The lowest BCUT2D eigenvalue weighted by molar-refractivity contribution is 1.91. The molecule has 0 unspecified atom stereocenters. The van der Waals surface area contributed by atoms with E-state index < -0.39 is 0 Å². The molecular weight excluding hydrogens is 46.8 g/mol. The lowest BCUT2D eigenvalue weighted by Crippen LogP contribution is -1.84. The molecule has 25 valence electrons. The Morgan fingerprint density at radius 1 is 1.00 bits per heavy atom. The molecule has 0 atom stereocenters. The van der Waals surface area contributed by atoms with Crippen LogP contribution in [-0.4, -0.2) is 6.71 Å². The quantitative estimate of drug-likeness (QED) is 0.367. The predicted molar refractivity (Wildman–Crippen MR) is 23.3 cm³/mol. The standard InChI is InChI=1S/C3H9B/c1-4(2)3/h1-3H3/q-1. The summed E-state index contributed by atoms with van der Waals surface area (Å²) in [6, 6.07) is 0. The molecule has 0 saturated carbocycles. The summed E-state index contributed by atoms with van der Waals surface area (Å²) in [4.78, 5) is 0. The number of rotatable bonds is 0. The van der Waals surface area contributed by atoms with Gasteiger partial charge in [-0.1, -0.05) is 0 Å². The molecule has 0 N–H and O–H groups in total. The normalized spacial score (nSPS) is 9.00. The Hall–Kier alpha value is 0.0649. The third-order valence-corrected chi connectivity index (χ3v) is 0. The van der Waals surface area contributed by atoms with Gasteiger partial charge in [-0.05, 0) is 0 Å². The molecule has 0 aliphatic rings. The zero-order valence-electron chi connectivity index (χ0n) is 3.58. The second-order valence-electron chi connectivity index (χ2n) is 1.73. The van der Waals surface area contributed by atoms with E-state index in [0.29, 0.717) is 0 Å².